The van der Waals surface area contributed by atoms with E-state index < -0.39 is 57.6 Å². The number of β-amino-alcohol motifs (C(OH)–C–C–N with tert-alkyl or cyclic N) is 1. The number of amides is 4. The number of aliphatic hydroxyl groups is 1. The number of benzene rings is 6. The van der Waals surface area contributed by atoms with Crippen LogP contribution >= 0.6 is 46.4 Å². The Morgan fingerprint density at radius 2 is 0.897 bits per heavy atom. The third kappa shape index (κ3) is 10.5. The third-order valence-corrected chi connectivity index (χ3v) is 12.8. The molecule has 0 bridgehead atoms. The van der Waals surface area contributed by atoms with E-state index in [0.717, 1.165) is 22.1 Å². The van der Waals surface area contributed by atoms with Crippen molar-refractivity contribution in [2.75, 3.05) is 33.6 Å². The van der Waals surface area contributed by atoms with Crippen LogP contribution in [0.25, 0.3) is 22.3 Å². The largest absolute Gasteiger partial charge is 0.496 e. The summed E-state index contributed by atoms with van der Waals surface area (Å²) in [6.45, 7) is -0.630. The summed E-state index contributed by atoms with van der Waals surface area (Å²) in [6.07, 6.45) is -1.81. The quantitative estimate of drug-likeness (QED) is 0.0823. The molecular weight excluding hydrogens is 988 g/mol. The molecule has 0 fully saturated rings. The van der Waals surface area contributed by atoms with Gasteiger partial charge in [-0.3, -0.25) is 33.2 Å². The molecule has 0 spiro atoms. The zero-order valence-corrected chi connectivity index (χ0v) is 39.9. The van der Waals surface area contributed by atoms with E-state index in [1.165, 1.54) is 44.6 Å². The number of ether oxygens (including phenoxy) is 2. The molecule has 8 rings (SSSR count). The van der Waals surface area contributed by atoms with Crippen LogP contribution in [0.3, 0.4) is 0 Å². The van der Waals surface area contributed by atoms with E-state index >= 15 is 0 Å². The zero-order valence-electron chi connectivity index (χ0n) is 36.1. The van der Waals surface area contributed by atoms with Crippen molar-refractivity contribution in [1.82, 2.24) is 9.80 Å². The molecule has 68 heavy (non-hydrogen) atoms. The molecule has 2 aliphatic heterocycles. The van der Waals surface area contributed by atoms with Gasteiger partial charge in [-0.1, -0.05) is 82.8 Å². The molecule has 0 saturated carbocycles. The lowest BCUT2D eigenvalue weighted by Crippen LogP contribution is -2.39. The average molecular weight is 1030 g/mol. The van der Waals surface area contributed by atoms with Crippen molar-refractivity contribution < 1.29 is 55.1 Å². The van der Waals surface area contributed by atoms with Gasteiger partial charge in [0.2, 0.25) is 0 Å². The Hall–Kier alpha value is -5.91. The smallest absolute Gasteiger partial charge is 0.264 e. The van der Waals surface area contributed by atoms with E-state index in [-0.39, 0.29) is 64.0 Å². The molecule has 0 unspecified atom stereocenters. The minimum Gasteiger partial charge on any atom is -0.496 e. The first-order chi connectivity index (χ1) is 32.3. The molecule has 2 aliphatic rings. The first kappa shape index (κ1) is 50.0. The van der Waals surface area contributed by atoms with Crippen LogP contribution in [0.5, 0.6) is 11.5 Å². The maximum atomic E-state index is 14.8. The van der Waals surface area contributed by atoms with E-state index in [1.54, 1.807) is 72.8 Å². The van der Waals surface area contributed by atoms with E-state index in [9.17, 15) is 41.5 Å². The normalized spacial score (nSPS) is 14.1. The summed E-state index contributed by atoms with van der Waals surface area (Å²) in [5.41, 5.74) is 2.92. The van der Waals surface area contributed by atoms with Crippen LogP contribution in [-0.4, -0.2) is 92.7 Å². The Morgan fingerprint density at radius 3 is 1.25 bits per heavy atom. The molecule has 2 atom stereocenters. The first-order valence-corrected chi connectivity index (χ1v) is 23.7. The van der Waals surface area contributed by atoms with Crippen LogP contribution in [-0.2, 0) is 27.1 Å². The highest BCUT2D eigenvalue weighted by Crippen LogP contribution is 2.44. The average Bonchev–Trinajstić information content (AvgIpc) is 3.66. The van der Waals surface area contributed by atoms with Crippen molar-refractivity contribution in [3.63, 3.8) is 0 Å². The molecule has 1 N–H and O–H groups in total. The number of hydrogen-bond acceptors (Lipinski definition) is 10. The van der Waals surface area contributed by atoms with Gasteiger partial charge < -0.3 is 14.6 Å². The van der Waals surface area contributed by atoms with Gasteiger partial charge in [-0.15, -0.1) is 0 Å². The predicted octanol–water partition coefficient (Wildman–Crippen LogP) is 10.00. The highest BCUT2D eigenvalue weighted by atomic mass is 35.5. The fraction of sp³-hybridized carbons (Fsp3) is 0.184. The molecule has 0 radical (unpaired) electrons. The Balaban J connectivity index is 0.000000203. The number of halogens is 6. The van der Waals surface area contributed by atoms with Gasteiger partial charge in [0.05, 0.1) is 88.1 Å². The zero-order chi connectivity index (χ0) is 49.2. The molecule has 352 valence electrons. The number of imide groups is 2. The van der Waals surface area contributed by atoms with Crippen molar-refractivity contribution in [2.45, 2.75) is 25.0 Å². The number of nitrogens with zero attached hydrogens (tertiary/aromatic N) is 2. The minimum absolute atomic E-state index is 0.0661. The van der Waals surface area contributed by atoms with Gasteiger partial charge >= 0.3 is 0 Å². The first-order valence-electron chi connectivity index (χ1n) is 20.4. The fourth-order valence-electron chi connectivity index (χ4n) is 8.13. The standard InChI is InChI=1S/C25H20Cl2FNO6S.C24H18Cl2FNO4/c1-34-23-14(10-15(28)12-19(23)22-20(26)8-5-9-21(22)27)11-16(35-36(2,32)33)13-29-24(30)17-6-3-4-7-18(17)25(29)31;1-32-22-13(9-14(27)11-18(22)21-19(25)7-4-8-20(21)26)10-15(29)12-28-23(30)16-5-2-3-6-17(16)24(28)31/h3-10,12,16H,11,13H2,1-2H3;2-9,11,15,29H,10,12H2,1H3/t16-;15-/m00/s1. The van der Waals surface area contributed by atoms with Gasteiger partial charge in [-0.05, 0) is 72.8 Å². The lowest BCUT2D eigenvalue weighted by atomic mass is 9.97. The van der Waals surface area contributed by atoms with Crippen LogP contribution < -0.4 is 9.47 Å². The van der Waals surface area contributed by atoms with Crippen LogP contribution in [0.4, 0.5) is 8.78 Å². The monoisotopic (exact) mass is 1020 g/mol. The van der Waals surface area contributed by atoms with Gasteiger partial charge in [0.15, 0.2) is 0 Å². The number of hydrogen-bond donors (Lipinski definition) is 1. The molecule has 2 heterocycles. The molecule has 19 heteroatoms. The second kappa shape index (κ2) is 20.8. The highest BCUT2D eigenvalue weighted by molar-refractivity contribution is 7.86. The van der Waals surface area contributed by atoms with Gasteiger partial charge in [0, 0.05) is 46.2 Å². The summed E-state index contributed by atoms with van der Waals surface area (Å²) in [5, 5.41) is 11.8. The number of methoxy groups -OCH3 is 2. The molecule has 0 aromatic heterocycles. The van der Waals surface area contributed by atoms with Crippen LogP contribution in [0.15, 0.2) is 109 Å². The van der Waals surface area contributed by atoms with Crippen molar-refractivity contribution in [3.8, 4) is 33.8 Å². The van der Waals surface area contributed by atoms with Crippen molar-refractivity contribution in [1.29, 1.82) is 0 Å². The second-order valence-corrected chi connectivity index (χ2v) is 18.7. The summed E-state index contributed by atoms with van der Waals surface area (Å²) >= 11 is 25.3. The van der Waals surface area contributed by atoms with Gasteiger partial charge in [-0.25, -0.2) is 8.78 Å². The highest BCUT2D eigenvalue weighted by Gasteiger charge is 2.39. The predicted molar refractivity (Wildman–Crippen MR) is 254 cm³/mol. The SMILES string of the molecule is COc1c(C[C@@H](CN2C(=O)c3ccccc3C2=O)OS(C)(=O)=O)cc(F)cc1-c1c(Cl)cccc1Cl.COc1c(C[C@H](O)CN2C(=O)c3ccccc3C2=O)cc(F)cc1-c1c(Cl)cccc1Cl. The molecular formula is C49H38Cl4F2N2O10S. The molecule has 6 aromatic carbocycles. The fourth-order valence-corrected chi connectivity index (χ4v) is 9.96. The third-order valence-electron chi connectivity index (χ3n) is 10.9. The number of carbonyl (C=O) groups excluding carboxylic acids is 4. The van der Waals surface area contributed by atoms with Crippen LogP contribution in [0.2, 0.25) is 20.1 Å². The number of aliphatic hydroxyl groups excluding tert-OH is 1. The maximum absolute atomic E-state index is 14.8. The lowest BCUT2D eigenvalue weighted by Gasteiger charge is -2.23. The summed E-state index contributed by atoms with van der Waals surface area (Å²) in [7, 11) is -1.24. The van der Waals surface area contributed by atoms with Crippen LogP contribution in [0.1, 0.15) is 52.6 Å². The molecule has 12 nitrogen and oxygen atoms in total. The molecule has 0 aliphatic carbocycles. The van der Waals surface area contributed by atoms with E-state index in [1.807, 2.05) is 0 Å². The Morgan fingerprint density at radius 1 is 0.544 bits per heavy atom. The Kier molecular flexibility index (Phi) is 15.3. The minimum atomic E-state index is -4.02. The number of carbonyl (C=O) groups is 4. The molecule has 0 saturated heterocycles. The summed E-state index contributed by atoms with van der Waals surface area (Å²) in [5.74, 6) is -2.84. The summed E-state index contributed by atoms with van der Waals surface area (Å²) < 4.78 is 69.6. The van der Waals surface area contributed by atoms with Crippen molar-refractivity contribution >= 4 is 80.2 Å². The summed E-state index contributed by atoms with van der Waals surface area (Å²) in [4.78, 5) is 52.7. The van der Waals surface area contributed by atoms with Crippen molar-refractivity contribution in [3.05, 3.63) is 174 Å². The number of rotatable bonds is 14. The second-order valence-electron chi connectivity index (χ2n) is 15.5. The Bertz CT molecular complexity index is 3010. The van der Waals surface area contributed by atoms with E-state index in [4.69, 9.17) is 60.1 Å². The molecule has 6 aromatic rings. The van der Waals surface area contributed by atoms with Gasteiger partial charge in [-0.2, -0.15) is 8.42 Å². The topological polar surface area (TPSA) is 157 Å². The lowest BCUT2D eigenvalue weighted by molar-refractivity contribution is 0.0540. The van der Waals surface area contributed by atoms with E-state index in [2.05, 4.69) is 0 Å². The van der Waals surface area contributed by atoms with Crippen LogP contribution in [0, 0.1) is 11.6 Å². The van der Waals surface area contributed by atoms with Crippen molar-refractivity contribution in [2.24, 2.45) is 0 Å². The molecule has 4 amide bonds. The Labute approximate surface area is 409 Å². The summed E-state index contributed by atoms with van der Waals surface area (Å²) in [6, 6.07) is 27.3. The van der Waals surface area contributed by atoms with E-state index in [0.29, 0.717) is 49.2 Å². The number of fused-ring (bicyclic) bond motifs is 2. The van der Waals surface area contributed by atoms with Gasteiger partial charge in [0.25, 0.3) is 33.7 Å². The van der Waals surface area contributed by atoms with Gasteiger partial charge in [0.1, 0.15) is 23.1 Å². The maximum Gasteiger partial charge on any atom is 0.264 e.